The van der Waals surface area contributed by atoms with Crippen LogP contribution in [0.5, 0.6) is 11.5 Å². The number of benzene rings is 1. The van der Waals surface area contributed by atoms with E-state index in [1.807, 2.05) is 18.2 Å². The second kappa shape index (κ2) is 5.28. The van der Waals surface area contributed by atoms with Crippen LogP contribution in [0.1, 0.15) is 11.1 Å². The third-order valence-corrected chi connectivity index (χ3v) is 3.18. The topological polar surface area (TPSA) is 86.5 Å². The van der Waals surface area contributed by atoms with E-state index in [4.69, 9.17) is 9.47 Å². The molecule has 0 radical (unpaired) electrons. The lowest BCUT2D eigenvalue weighted by Gasteiger charge is -2.07. The van der Waals surface area contributed by atoms with Crippen LogP contribution in [0.3, 0.4) is 0 Å². The van der Waals surface area contributed by atoms with Gasteiger partial charge in [-0.15, -0.1) is 0 Å². The molecule has 1 aliphatic rings. The van der Waals surface area contributed by atoms with Gasteiger partial charge in [0.15, 0.2) is 11.5 Å². The molecule has 1 aromatic carbocycles. The summed E-state index contributed by atoms with van der Waals surface area (Å²) in [5.41, 5.74) is 1.57. The lowest BCUT2D eigenvalue weighted by molar-refractivity contribution is -0.385. The van der Waals surface area contributed by atoms with Gasteiger partial charge in [0.2, 0.25) is 6.79 Å². The van der Waals surface area contributed by atoms with Gasteiger partial charge in [-0.05, 0) is 24.6 Å². The summed E-state index contributed by atoms with van der Waals surface area (Å²) in [6.07, 6.45) is 1.49. The third-order valence-electron chi connectivity index (χ3n) is 3.18. The Morgan fingerprint density at radius 1 is 1.33 bits per heavy atom. The molecule has 0 saturated carbocycles. The van der Waals surface area contributed by atoms with E-state index in [2.05, 4.69) is 10.3 Å². The third kappa shape index (κ3) is 2.71. The molecule has 1 N–H and O–H groups in total. The van der Waals surface area contributed by atoms with E-state index in [-0.39, 0.29) is 12.5 Å². The molecule has 0 fully saturated rings. The van der Waals surface area contributed by atoms with Crippen LogP contribution in [0, 0.1) is 17.0 Å². The van der Waals surface area contributed by atoms with Crippen LogP contribution >= 0.6 is 0 Å². The van der Waals surface area contributed by atoms with Crippen molar-refractivity contribution in [3.05, 3.63) is 51.7 Å². The molecule has 1 aromatic heterocycles. The standard InChI is InChI=1S/C14H13N3O4/c1-9-6-15-14(5-11(9)17(18)19)16-7-10-2-3-12-13(4-10)21-8-20-12/h2-6H,7-8H2,1H3,(H,15,16). The molecule has 2 heterocycles. The van der Waals surface area contributed by atoms with E-state index in [0.717, 1.165) is 11.3 Å². The molecule has 1 aliphatic heterocycles. The van der Waals surface area contributed by atoms with Crippen LogP contribution in [-0.2, 0) is 6.54 Å². The first-order valence-corrected chi connectivity index (χ1v) is 6.37. The van der Waals surface area contributed by atoms with Gasteiger partial charge in [-0.1, -0.05) is 6.07 Å². The van der Waals surface area contributed by atoms with Crippen molar-refractivity contribution in [2.75, 3.05) is 12.1 Å². The number of ether oxygens (including phenoxy) is 2. The van der Waals surface area contributed by atoms with Gasteiger partial charge < -0.3 is 14.8 Å². The molecule has 0 spiro atoms. The first-order chi connectivity index (χ1) is 10.1. The number of rotatable bonds is 4. The number of aryl methyl sites for hydroxylation is 1. The minimum Gasteiger partial charge on any atom is -0.454 e. The Morgan fingerprint density at radius 3 is 2.95 bits per heavy atom. The number of anilines is 1. The van der Waals surface area contributed by atoms with E-state index in [1.165, 1.54) is 12.3 Å². The van der Waals surface area contributed by atoms with E-state index in [9.17, 15) is 10.1 Å². The van der Waals surface area contributed by atoms with E-state index >= 15 is 0 Å². The quantitative estimate of drug-likeness (QED) is 0.687. The smallest absolute Gasteiger partial charge is 0.277 e. The molecule has 0 atom stereocenters. The number of pyridine rings is 1. The summed E-state index contributed by atoms with van der Waals surface area (Å²) in [7, 11) is 0. The average molecular weight is 287 g/mol. The fraction of sp³-hybridized carbons (Fsp3) is 0.214. The van der Waals surface area contributed by atoms with Gasteiger partial charge in [-0.25, -0.2) is 4.98 Å². The molecule has 3 rings (SSSR count). The largest absolute Gasteiger partial charge is 0.454 e. The van der Waals surface area contributed by atoms with Crippen LogP contribution in [-0.4, -0.2) is 16.7 Å². The Kier molecular flexibility index (Phi) is 3.31. The summed E-state index contributed by atoms with van der Waals surface area (Å²) in [6.45, 7) is 2.38. The average Bonchev–Trinajstić information content (AvgIpc) is 2.93. The normalized spacial score (nSPS) is 12.2. The fourth-order valence-corrected chi connectivity index (χ4v) is 2.05. The SMILES string of the molecule is Cc1cnc(NCc2ccc3c(c2)OCO3)cc1[N+](=O)[O-]. The first-order valence-electron chi connectivity index (χ1n) is 6.37. The molecule has 0 aliphatic carbocycles. The summed E-state index contributed by atoms with van der Waals surface area (Å²) >= 11 is 0. The molecule has 2 aromatic rings. The van der Waals surface area contributed by atoms with Crippen LogP contribution in [0.2, 0.25) is 0 Å². The molecule has 21 heavy (non-hydrogen) atoms. The van der Waals surface area contributed by atoms with Gasteiger partial charge in [-0.2, -0.15) is 0 Å². The van der Waals surface area contributed by atoms with Crippen molar-refractivity contribution in [3.8, 4) is 11.5 Å². The fourth-order valence-electron chi connectivity index (χ4n) is 2.05. The van der Waals surface area contributed by atoms with Crippen LogP contribution in [0.4, 0.5) is 11.5 Å². The van der Waals surface area contributed by atoms with Gasteiger partial charge in [0.25, 0.3) is 5.69 Å². The Morgan fingerprint density at radius 2 is 2.14 bits per heavy atom. The maximum Gasteiger partial charge on any atom is 0.277 e. The molecule has 0 bridgehead atoms. The van der Waals surface area contributed by atoms with E-state index in [0.29, 0.717) is 23.7 Å². The van der Waals surface area contributed by atoms with Gasteiger partial charge >= 0.3 is 0 Å². The maximum atomic E-state index is 10.9. The highest BCUT2D eigenvalue weighted by atomic mass is 16.7. The van der Waals surface area contributed by atoms with Gasteiger partial charge in [-0.3, -0.25) is 10.1 Å². The van der Waals surface area contributed by atoms with Gasteiger partial charge in [0.05, 0.1) is 11.0 Å². The van der Waals surface area contributed by atoms with Crippen LogP contribution < -0.4 is 14.8 Å². The Labute approximate surface area is 120 Å². The van der Waals surface area contributed by atoms with Crippen molar-refractivity contribution in [2.24, 2.45) is 0 Å². The number of nitro groups is 1. The summed E-state index contributed by atoms with van der Waals surface area (Å²) in [5.74, 6) is 1.89. The predicted octanol–water partition coefficient (Wildman–Crippen LogP) is 2.64. The molecule has 108 valence electrons. The monoisotopic (exact) mass is 287 g/mol. The molecular formula is C14H13N3O4. The van der Waals surface area contributed by atoms with Crippen LogP contribution in [0.25, 0.3) is 0 Å². The maximum absolute atomic E-state index is 10.9. The zero-order valence-corrected chi connectivity index (χ0v) is 11.3. The van der Waals surface area contributed by atoms with E-state index in [1.54, 1.807) is 6.92 Å². The first kappa shape index (κ1) is 13.2. The summed E-state index contributed by atoms with van der Waals surface area (Å²) in [5, 5.41) is 14.0. The minimum atomic E-state index is -0.414. The summed E-state index contributed by atoms with van der Waals surface area (Å²) in [4.78, 5) is 14.6. The Balaban J connectivity index is 1.73. The summed E-state index contributed by atoms with van der Waals surface area (Å²) in [6, 6.07) is 7.05. The second-order valence-corrected chi connectivity index (χ2v) is 4.65. The minimum absolute atomic E-state index is 0.0539. The molecule has 0 unspecified atom stereocenters. The number of nitrogens with zero attached hydrogens (tertiary/aromatic N) is 2. The Hall–Kier alpha value is -2.83. The summed E-state index contributed by atoms with van der Waals surface area (Å²) < 4.78 is 10.5. The highest BCUT2D eigenvalue weighted by Gasteiger charge is 2.14. The lowest BCUT2D eigenvalue weighted by atomic mass is 10.2. The van der Waals surface area contributed by atoms with Crippen molar-refractivity contribution < 1.29 is 14.4 Å². The number of fused-ring (bicyclic) bond motifs is 1. The molecule has 0 amide bonds. The van der Waals surface area contributed by atoms with Crippen molar-refractivity contribution in [2.45, 2.75) is 13.5 Å². The van der Waals surface area contributed by atoms with Crippen molar-refractivity contribution in [1.82, 2.24) is 4.98 Å². The van der Waals surface area contributed by atoms with Crippen LogP contribution in [0.15, 0.2) is 30.5 Å². The van der Waals surface area contributed by atoms with Crippen molar-refractivity contribution >= 4 is 11.5 Å². The molecular weight excluding hydrogens is 274 g/mol. The van der Waals surface area contributed by atoms with Gasteiger partial charge in [0.1, 0.15) is 5.82 Å². The highest BCUT2D eigenvalue weighted by Crippen LogP contribution is 2.32. The van der Waals surface area contributed by atoms with Gasteiger partial charge in [0, 0.05) is 18.3 Å². The highest BCUT2D eigenvalue weighted by molar-refractivity contribution is 5.50. The zero-order valence-electron chi connectivity index (χ0n) is 11.3. The Bertz CT molecular complexity index is 703. The number of nitrogens with one attached hydrogen (secondary N) is 1. The lowest BCUT2D eigenvalue weighted by Crippen LogP contribution is -2.03. The van der Waals surface area contributed by atoms with E-state index < -0.39 is 4.92 Å². The second-order valence-electron chi connectivity index (χ2n) is 4.65. The predicted molar refractivity (Wildman–Crippen MR) is 75.5 cm³/mol. The molecule has 7 nitrogen and oxygen atoms in total. The number of hydrogen-bond donors (Lipinski definition) is 1. The molecule has 7 heteroatoms. The molecule has 0 saturated heterocycles. The number of aromatic nitrogens is 1. The van der Waals surface area contributed by atoms with Crippen molar-refractivity contribution in [3.63, 3.8) is 0 Å². The van der Waals surface area contributed by atoms with Crippen molar-refractivity contribution in [1.29, 1.82) is 0 Å². The number of hydrogen-bond acceptors (Lipinski definition) is 6. The zero-order chi connectivity index (χ0) is 14.8.